The Morgan fingerprint density at radius 1 is 0.929 bits per heavy atom. The lowest BCUT2D eigenvalue weighted by Crippen LogP contribution is -2.61. The van der Waals surface area contributed by atoms with Gasteiger partial charge in [-0.25, -0.2) is 9.37 Å². The number of carbonyl (C=O) groups excluding carboxylic acids is 3. The number of halogens is 1. The molecule has 2 aliphatic heterocycles. The first kappa shape index (κ1) is 51.5. The van der Waals surface area contributed by atoms with Crippen molar-refractivity contribution in [3.8, 4) is 5.75 Å². The van der Waals surface area contributed by atoms with Crippen LogP contribution in [0.25, 0.3) is 0 Å². The first-order chi connectivity index (χ1) is 33.3. The van der Waals surface area contributed by atoms with Crippen LogP contribution in [-0.4, -0.2) is 114 Å². The van der Waals surface area contributed by atoms with E-state index in [4.69, 9.17) is 4.74 Å². The summed E-state index contributed by atoms with van der Waals surface area (Å²) in [4.78, 5) is 64.7. The van der Waals surface area contributed by atoms with E-state index in [-0.39, 0.29) is 55.2 Å². The molecule has 5 atom stereocenters. The fourth-order valence-corrected chi connectivity index (χ4v) is 9.26. The molecule has 1 aliphatic carbocycles. The average molecular weight is 961 g/mol. The number of carbonyl (C=O) groups is 3. The van der Waals surface area contributed by atoms with Gasteiger partial charge in [0.1, 0.15) is 23.3 Å². The molecule has 17 heteroatoms. The summed E-state index contributed by atoms with van der Waals surface area (Å²) < 4.78 is 19.8. The Bertz CT molecular complexity index is 2640. The molecule has 4 heterocycles. The summed E-state index contributed by atoms with van der Waals surface area (Å²) in [5.74, 6) is -2.26. The molecule has 1 saturated heterocycles. The molecule has 0 saturated carbocycles. The molecule has 0 unspecified atom stereocenters. The number of amides is 3. The molecule has 3 aromatic carbocycles. The van der Waals surface area contributed by atoms with Gasteiger partial charge >= 0.3 is 0 Å². The zero-order chi connectivity index (χ0) is 50.2. The maximum atomic E-state index is 13.8. The number of fused-ring (bicyclic) bond motifs is 2. The van der Waals surface area contributed by atoms with Crippen LogP contribution in [0.4, 0.5) is 4.39 Å². The minimum atomic E-state index is -0.850. The number of hydrogen-bond donors (Lipinski definition) is 6. The molecule has 70 heavy (non-hydrogen) atoms. The second-order valence-corrected chi connectivity index (χ2v) is 19.8. The molecule has 3 aliphatic rings. The quantitative estimate of drug-likeness (QED) is 0.0928. The molecule has 0 radical (unpaired) electrons. The summed E-state index contributed by atoms with van der Waals surface area (Å²) in [6, 6.07) is 26.2. The van der Waals surface area contributed by atoms with Gasteiger partial charge in [0, 0.05) is 69.5 Å². The van der Waals surface area contributed by atoms with E-state index in [0.717, 1.165) is 28.8 Å². The molecule has 5 aromatic rings. The van der Waals surface area contributed by atoms with E-state index in [1.165, 1.54) is 28.8 Å². The van der Waals surface area contributed by atoms with Gasteiger partial charge in [-0.3, -0.25) is 38.5 Å². The maximum absolute atomic E-state index is 13.8. The molecule has 1 fully saturated rings. The third-order valence-electron chi connectivity index (χ3n) is 12.7. The van der Waals surface area contributed by atoms with E-state index < -0.39 is 58.6 Å². The topological polar surface area (TPSA) is 211 Å². The fraction of sp³-hybridized carbons (Fsp3) is 0.434. The third-order valence-corrected chi connectivity index (χ3v) is 12.7. The largest absolute Gasteiger partial charge is 0.501 e. The number of aromatic nitrogens is 3. The Morgan fingerprint density at radius 2 is 1.64 bits per heavy atom. The zero-order valence-corrected chi connectivity index (χ0v) is 40.5. The molecule has 0 bridgehead atoms. The Morgan fingerprint density at radius 3 is 2.36 bits per heavy atom. The van der Waals surface area contributed by atoms with Crippen LogP contribution in [0.2, 0.25) is 0 Å². The van der Waals surface area contributed by atoms with Gasteiger partial charge < -0.3 is 36.0 Å². The lowest BCUT2D eigenvalue weighted by atomic mass is 9.91. The van der Waals surface area contributed by atoms with Crippen molar-refractivity contribution in [1.29, 1.82) is 0 Å². The highest BCUT2D eigenvalue weighted by Crippen LogP contribution is 2.32. The number of nitrogens with one attached hydrogen (secondary N) is 3. The summed E-state index contributed by atoms with van der Waals surface area (Å²) >= 11 is 0. The Kier molecular flexibility index (Phi) is 16.6. The number of nitrogens with zero attached hydrogens (tertiary/aromatic N) is 5. The number of benzene rings is 3. The molecule has 3 amide bonds. The number of rotatable bonds is 14. The SMILES string of the molecule is CC(C)(C)NC(=O)[C@@H]1CN(Cc2cccnc2)CCN1C[C@@H](O)C[C@@H](Cc1ccccc1)C(=O)N[C@H]1c2ccccc2C[C@H]1O.CC1(C)OCCn2c1nc(C(=O)NCc1ccc(F)cc1)c(O)c2=O. The number of hydrogen-bond acceptors (Lipinski definition) is 12. The van der Waals surface area contributed by atoms with Gasteiger partial charge in [-0.1, -0.05) is 72.8 Å². The first-order valence-corrected chi connectivity index (χ1v) is 23.8. The predicted molar refractivity (Wildman–Crippen MR) is 261 cm³/mol. The number of pyridine rings is 1. The maximum Gasteiger partial charge on any atom is 0.296 e. The van der Waals surface area contributed by atoms with E-state index in [2.05, 4.69) is 35.7 Å². The summed E-state index contributed by atoms with van der Waals surface area (Å²) in [5.41, 5.74) is 2.48. The number of aliphatic hydroxyl groups is 2. The molecular weight excluding hydrogens is 896 g/mol. The minimum Gasteiger partial charge on any atom is -0.501 e. The molecule has 2 aromatic heterocycles. The van der Waals surface area contributed by atoms with Gasteiger partial charge in [-0.05, 0) is 93.5 Å². The van der Waals surface area contributed by atoms with Gasteiger partial charge in [0.2, 0.25) is 17.6 Å². The van der Waals surface area contributed by atoms with E-state index in [1.807, 2.05) is 93.7 Å². The van der Waals surface area contributed by atoms with Crippen molar-refractivity contribution in [2.75, 3.05) is 32.8 Å². The summed E-state index contributed by atoms with van der Waals surface area (Å²) in [6.45, 7) is 12.9. The summed E-state index contributed by atoms with van der Waals surface area (Å²) in [6.07, 6.45) is 3.26. The van der Waals surface area contributed by atoms with Gasteiger partial charge in [0.15, 0.2) is 5.69 Å². The predicted octanol–water partition coefficient (Wildman–Crippen LogP) is 4.15. The van der Waals surface area contributed by atoms with Crippen LogP contribution in [0.15, 0.2) is 108 Å². The van der Waals surface area contributed by atoms with Crippen LogP contribution in [0.1, 0.15) is 91.2 Å². The minimum absolute atomic E-state index is 0.0712. The number of aromatic hydroxyl groups is 1. The highest BCUT2D eigenvalue weighted by Gasteiger charge is 2.38. The van der Waals surface area contributed by atoms with Gasteiger partial charge in [-0.2, -0.15) is 0 Å². The molecule has 8 rings (SSSR count). The van der Waals surface area contributed by atoms with Crippen LogP contribution < -0.4 is 21.5 Å². The molecular formula is C53H65FN8O8. The van der Waals surface area contributed by atoms with Crippen molar-refractivity contribution in [1.82, 2.24) is 40.3 Å². The van der Waals surface area contributed by atoms with Gasteiger partial charge in [0.25, 0.3) is 11.5 Å². The Hall–Kier alpha value is -6.37. The highest BCUT2D eigenvalue weighted by molar-refractivity contribution is 5.94. The number of β-amino-alcohol motifs (C(OH)–C–C–N with tert-alkyl or cyclic N) is 1. The number of aliphatic hydroxyl groups excluding tert-OH is 2. The second kappa shape index (κ2) is 22.6. The monoisotopic (exact) mass is 960 g/mol. The molecule has 372 valence electrons. The zero-order valence-electron chi connectivity index (χ0n) is 40.5. The standard InChI is InChI=1S/C36H47N5O4.C17H18FN3O4/c1-36(2,3)39-35(45)31-24-40(22-26-12-9-15-37-21-26)16-17-41(31)23-29(42)19-28(18-25-10-5-4-6-11-25)34(44)38-33-30-14-8-7-13-27(30)20-32(33)43;1-17(2)16-20-12(13(22)15(24)21(16)7-8-25-17)14(23)19-9-10-3-5-11(18)6-4-10/h4-15,21,28-29,31-33,42-43H,16-20,22-24H2,1-3H3,(H,38,44)(H,39,45);3-6,22H,7-9H2,1-2H3,(H,19,23)/t28-,29+,31+,32-,33+;/m1./s1. The number of piperazine rings is 1. The van der Waals surface area contributed by atoms with Crippen LogP contribution in [0.3, 0.4) is 0 Å². The summed E-state index contributed by atoms with van der Waals surface area (Å²) in [5, 5.41) is 41.1. The molecule has 6 N–H and O–H groups in total. The smallest absolute Gasteiger partial charge is 0.296 e. The van der Waals surface area contributed by atoms with Crippen LogP contribution in [0.5, 0.6) is 5.75 Å². The van der Waals surface area contributed by atoms with Gasteiger partial charge in [0.05, 0.1) is 31.4 Å². The Balaban J connectivity index is 0.000000243. The van der Waals surface area contributed by atoms with E-state index in [1.54, 1.807) is 20.0 Å². The first-order valence-electron chi connectivity index (χ1n) is 23.8. The van der Waals surface area contributed by atoms with Crippen molar-refractivity contribution in [3.63, 3.8) is 0 Å². The lowest BCUT2D eigenvalue weighted by molar-refractivity contribution is -0.132. The average Bonchev–Trinajstić information content (AvgIpc) is 3.64. The molecule has 16 nitrogen and oxygen atoms in total. The fourth-order valence-electron chi connectivity index (χ4n) is 9.26. The van der Waals surface area contributed by atoms with E-state index in [0.29, 0.717) is 44.6 Å². The third kappa shape index (κ3) is 13.3. The summed E-state index contributed by atoms with van der Waals surface area (Å²) in [7, 11) is 0. The van der Waals surface area contributed by atoms with Crippen molar-refractivity contribution in [2.24, 2.45) is 5.92 Å². The van der Waals surface area contributed by atoms with Crippen molar-refractivity contribution >= 4 is 17.7 Å². The highest BCUT2D eigenvalue weighted by atomic mass is 19.1. The van der Waals surface area contributed by atoms with Crippen LogP contribution >= 0.6 is 0 Å². The van der Waals surface area contributed by atoms with E-state index >= 15 is 0 Å². The lowest BCUT2D eigenvalue weighted by Gasteiger charge is -2.42. The van der Waals surface area contributed by atoms with Gasteiger partial charge in [-0.15, -0.1) is 0 Å². The van der Waals surface area contributed by atoms with E-state index in [9.17, 15) is 38.9 Å². The van der Waals surface area contributed by atoms with Crippen molar-refractivity contribution < 1.29 is 38.8 Å². The van der Waals surface area contributed by atoms with Crippen molar-refractivity contribution in [2.45, 2.75) is 109 Å². The molecule has 0 spiro atoms. The van der Waals surface area contributed by atoms with Crippen molar-refractivity contribution in [3.05, 3.63) is 159 Å². The normalized spacial score (nSPS) is 19.6. The second-order valence-electron chi connectivity index (χ2n) is 19.8. The van der Waals surface area contributed by atoms with Crippen LogP contribution in [0, 0.1) is 11.7 Å². The Labute approximate surface area is 407 Å². The number of ether oxygens (including phenoxy) is 1. The van der Waals surface area contributed by atoms with Crippen LogP contribution in [-0.2, 0) is 52.4 Å².